The molecular formula is C29H33F2N5O3. The first-order valence-electron chi connectivity index (χ1n) is 13.6. The number of nitrogens with one attached hydrogen (secondary N) is 1. The number of halogens is 2. The summed E-state index contributed by atoms with van der Waals surface area (Å²) >= 11 is 0. The van der Waals surface area contributed by atoms with Gasteiger partial charge in [-0.05, 0) is 48.9 Å². The van der Waals surface area contributed by atoms with E-state index in [1.807, 2.05) is 23.1 Å². The van der Waals surface area contributed by atoms with E-state index in [0.717, 1.165) is 64.3 Å². The highest BCUT2D eigenvalue weighted by Gasteiger charge is 2.46. The first-order valence-corrected chi connectivity index (χ1v) is 13.6. The molecule has 206 valence electrons. The highest BCUT2D eigenvalue weighted by Crippen LogP contribution is 2.43. The van der Waals surface area contributed by atoms with Gasteiger partial charge in [0.15, 0.2) is 0 Å². The lowest BCUT2D eigenvalue weighted by Crippen LogP contribution is -2.63. The van der Waals surface area contributed by atoms with Gasteiger partial charge in [-0.3, -0.25) is 19.7 Å². The topological polar surface area (TPSA) is 99.0 Å². The third-order valence-electron chi connectivity index (χ3n) is 8.94. The molecule has 39 heavy (non-hydrogen) atoms. The number of carbonyl (C=O) groups excluding carboxylic acids is 3. The summed E-state index contributed by atoms with van der Waals surface area (Å²) in [6, 6.07) is 10.1. The molecule has 0 radical (unpaired) electrons. The largest absolute Gasteiger partial charge is 0.371 e. The van der Waals surface area contributed by atoms with Gasteiger partial charge >= 0.3 is 0 Å². The van der Waals surface area contributed by atoms with Crippen molar-refractivity contribution in [3.8, 4) is 0 Å². The Balaban J connectivity index is 0.995. The zero-order valence-electron chi connectivity index (χ0n) is 21.8. The maximum absolute atomic E-state index is 15.0. The first kappa shape index (κ1) is 25.7. The lowest BCUT2D eigenvalue weighted by Gasteiger charge is -2.56. The molecule has 4 heterocycles. The van der Waals surface area contributed by atoms with Gasteiger partial charge in [-0.15, -0.1) is 0 Å². The van der Waals surface area contributed by atoms with Gasteiger partial charge < -0.3 is 20.4 Å². The van der Waals surface area contributed by atoms with Crippen LogP contribution >= 0.6 is 0 Å². The Hall–Kier alpha value is -3.53. The minimum atomic E-state index is -0.983. The van der Waals surface area contributed by atoms with Crippen molar-refractivity contribution >= 4 is 29.1 Å². The van der Waals surface area contributed by atoms with Gasteiger partial charge in [0, 0.05) is 75.1 Å². The van der Waals surface area contributed by atoms with Crippen molar-refractivity contribution in [1.29, 1.82) is 0 Å². The van der Waals surface area contributed by atoms with Gasteiger partial charge in [-0.2, -0.15) is 0 Å². The van der Waals surface area contributed by atoms with Crippen molar-refractivity contribution < 1.29 is 23.2 Å². The smallest absolute Gasteiger partial charge is 0.250 e. The lowest BCUT2D eigenvalue weighted by atomic mass is 9.71. The Morgan fingerprint density at radius 1 is 1.03 bits per heavy atom. The van der Waals surface area contributed by atoms with Crippen LogP contribution in [0.4, 0.5) is 20.2 Å². The summed E-state index contributed by atoms with van der Waals surface area (Å²) in [6.07, 6.45) is 2.11. The number of amides is 3. The van der Waals surface area contributed by atoms with Crippen molar-refractivity contribution in [2.24, 2.45) is 17.1 Å². The van der Waals surface area contributed by atoms with Crippen LogP contribution in [0.5, 0.6) is 0 Å². The third-order valence-corrected chi connectivity index (χ3v) is 8.94. The average Bonchev–Trinajstić information content (AvgIpc) is 2.86. The number of hydrogen-bond donors (Lipinski definition) is 2. The van der Waals surface area contributed by atoms with Gasteiger partial charge in [0.05, 0.1) is 11.5 Å². The van der Waals surface area contributed by atoms with Crippen LogP contribution in [0.25, 0.3) is 0 Å². The Labute approximate surface area is 226 Å². The van der Waals surface area contributed by atoms with E-state index in [1.165, 1.54) is 12.1 Å². The molecule has 8 nitrogen and oxygen atoms in total. The number of primary amides is 1. The van der Waals surface area contributed by atoms with Crippen molar-refractivity contribution in [3.05, 3.63) is 59.2 Å². The van der Waals surface area contributed by atoms with E-state index in [0.29, 0.717) is 17.2 Å². The number of rotatable bonds is 6. The fourth-order valence-corrected chi connectivity index (χ4v) is 6.85. The monoisotopic (exact) mass is 537 g/mol. The summed E-state index contributed by atoms with van der Waals surface area (Å²) in [4.78, 5) is 42.0. The molecule has 3 amide bonds. The molecule has 2 aromatic carbocycles. The van der Waals surface area contributed by atoms with Gasteiger partial charge in [-0.1, -0.05) is 12.1 Å². The van der Waals surface area contributed by atoms with Crippen LogP contribution < -0.4 is 20.9 Å². The first-order chi connectivity index (χ1) is 18.7. The van der Waals surface area contributed by atoms with E-state index in [-0.39, 0.29) is 23.8 Å². The highest BCUT2D eigenvalue weighted by molar-refractivity contribution is 6.01. The Kier molecular flexibility index (Phi) is 6.53. The van der Waals surface area contributed by atoms with Crippen LogP contribution in [0.3, 0.4) is 0 Å². The molecule has 4 aliphatic heterocycles. The van der Waals surface area contributed by atoms with E-state index >= 15 is 0 Å². The number of piperidine rings is 2. The van der Waals surface area contributed by atoms with Crippen LogP contribution in [0.15, 0.2) is 36.4 Å². The number of para-hydroxylation sites is 1. The quantitative estimate of drug-likeness (QED) is 0.550. The number of nitrogens with two attached hydrogens (primary N) is 1. The summed E-state index contributed by atoms with van der Waals surface area (Å²) in [5, 5.41) is 2.18. The van der Waals surface area contributed by atoms with Crippen LogP contribution in [0.1, 0.15) is 47.5 Å². The number of benzene rings is 2. The SMILES string of the molecule is NC(=O)c1ccccc1N1CC(CN2CC3(CCN(c4cc(F)c(C5CCC(=O)NC5=O)c(F)c4)CC3)C2)C1. The molecule has 6 rings (SSSR count). The van der Waals surface area contributed by atoms with E-state index < -0.39 is 35.3 Å². The number of likely N-dealkylation sites (tertiary alicyclic amines) is 1. The molecule has 0 aromatic heterocycles. The van der Waals surface area contributed by atoms with E-state index in [2.05, 4.69) is 15.1 Å². The maximum atomic E-state index is 15.0. The minimum Gasteiger partial charge on any atom is -0.371 e. The Morgan fingerprint density at radius 3 is 2.33 bits per heavy atom. The zero-order valence-corrected chi connectivity index (χ0v) is 21.8. The number of carbonyl (C=O) groups is 3. The highest BCUT2D eigenvalue weighted by atomic mass is 19.1. The third kappa shape index (κ3) is 4.86. The summed E-state index contributed by atoms with van der Waals surface area (Å²) in [6.45, 7) is 6.37. The Morgan fingerprint density at radius 2 is 1.69 bits per heavy atom. The molecule has 0 aliphatic carbocycles. The second kappa shape index (κ2) is 9.89. The predicted molar refractivity (Wildman–Crippen MR) is 142 cm³/mol. The molecule has 1 spiro atoms. The fraction of sp³-hybridized carbons (Fsp3) is 0.483. The Bertz CT molecular complexity index is 1290. The van der Waals surface area contributed by atoms with E-state index in [1.54, 1.807) is 6.07 Å². The molecule has 2 aromatic rings. The second-order valence-electron chi connectivity index (χ2n) is 11.6. The zero-order chi connectivity index (χ0) is 27.3. The normalized spacial score (nSPS) is 23.4. The summed E-state index contributed by atoms with van der Waals surface area (Å²) in [5.41, 5.74) is 7.50. The van der Waals surface area contributed by atoms with Crippen molar-refractivity contribution in [2.75, 3.05) is 55.6 Å². The maximum Gasteiger partial charge on any atom is 0.250 e. The molecule has 10 heteroatoms. The predicted octanol–water partition coefficient (Wildman–Crippen LogP) is 2.62. The minimum absolute atomic E-state index is 0.0739. The molecule has 0 bridgehead atoms. The summed E-state index contributed by atoms with van der Waals surface area (Å²) < 4.78 is 30.0. The number of anilines is 2. The molecule has 4 fully saturated rings. The molecule has 4 saturated heterocycles. The second-order valence-corrected chi connectivity index (χ2v) is 11.6. The van der Waals surface area contributed by atoms with Crippen molar-refractivity contribution in [2.45, 2.75) is 31.6 Å². The summed E-state index contributed by atoms with van der Waals surface area (Å²) in [7, 11) is 0. The average molecular weight is 538 g/mol. The van der Waals surface area contributed by atoms with Crippen molar-refractivity contribution in [3.63, 3.8) is 0 Å². The number of nitrogens with zero attached hydrogens (tertiary/aromatic N) is 3. The number of imide groups is 1. The van der Waals surface area contributed by atoms with Crippen LogP contribution in [-0.4, -0.2) is 68.4 Å². The molecule has 3 N–H and O–H groups in total. The molecule has 0 saturated carbocycles. The number of hydrogen-bond acceptors (Lipinski definition) is 6. The van der Waals surface area contributed by atoms with Gasteiger partial charge in [0.2, 0.25) is 11.8 Å². The van der Waals surface area contributed by atoms with Gasteiger partial charge in [0.25, 0.3) is 5.91 Å². The van der Waals surface area contributed by atoms with Crippen LogP contribution in [0.2, 0.25) is 0 Å². The fourth-order valence-electron chi connectivity index (χ4n) is 6.85. The molecular weight excluding hydrogens is 504 g/mol. The standard InChI is InChI=1S/C29H33F2N5O3/c30-22-11-19(12-23(31)26(22)21-5-6-25(37)33-28(21)39)35-9-7-29(8-10-35)16-34(17-29)13-18-14-36(15-18)24-4-2-1-3-20(24)27(32)38/h1-4,11-12,18,21H,5-10,13-17H2,(H2,32,38)(H,33,37,39). The van der Waals surface area contributed by atoms with Crippen molar-refractivity contribution in [1.82, 2.24) is 10.2 Å². The van der Waals surface area contributed by atoms with Gasteiger partial charge in [0.1, 0.15) is 11.6 Å². The lowest BCUT2D eigenvalue weighted by molar-refractivity contribution is -0.134. The molecule has 1 unspecified atom stereocenters. The van der Waals surface area contributed by atoms with E-state index in [9.17, 15) is 23.2 Å². The van der Waals surface area contributed by atoms with Crippen LogP contribution in [-0.2, 0) is 9.59 Å². The molecule has 4 aliphatic rings. The molecule has 1 atom stereocenters. The summed E-state index contributed by atoms with van der Waals surface area (Å²) in [5.74, 6) is -3.35. The van der Waals surface area contributed by atoms with Gasteiger partial charge in [-0.25, -0.2) is 8.78 Å². The van der Waals surface area contributed by atoms with E-state index in [4.69, 9.17) is 5.73 Å². The van der Waals surface area contributed by atoms with Crippen LogP contribution in [0, 0.1) is 23.0 Å².